The lowest BCUT2D eigenvalue weighted by Gasteiger charge is -2.53. The van der Waals surface area contributed by atoms with E-state index in [1.807, 2.05) is 44.4 Å². The molecule has 25 heavy (non-hydrogen) atoms. The van der Waals surface area contributed by atoms with Gasteiger partial charge in [-0.15, -0.1) is 11.3 Å². The average Bonchev–Trinajstić information content (AvgIpc) is 3.02. The molecule has 6 nitrogen and oxygen atoms in total. The van der Waals surface area contributed by atoms with Crippen molar-refractivity contribution in [2.75, 3.05) is 32.8 Å². The van der Waals surface area contributed by atoms with E-state index in [9.17, 15) is 9.59 Å². The van der Waals surface area contributed by atoms with Crippen LogP contribution in [0.25, 0.3) is 6.08 Å². The Morgan fingerprint density at radius 1 is 1.28 bits per heavy atom. The molecule has 1 aromatic heterocycles. The van der Waals surface area contributed by atoms with Gasteiger partial charge in [0, 0.05) is 17.5 Å². The first-order valence-corrected chi connectivity index (χ1v) is 9.27. The van der Waals surface area contributed by atoms with E-state index in [-0.39, 0.29) is 12.0 Å². The molecular formula is C18H24N2O4S. The van der Waals surface area contributed by atoms with Crippen molar-refractivity contribution in [1.82, 2.24) is 9.80 Å². The van der Waals surface area contributed by atoms with Crippen LogP contribution in [0.5, 0.6) is 0 Å². The molecule has 2 fully saturated rings. The molecule has 7 heteroatoms. The van der Waals surface area contributed by atoms with Gasteiger partial charge in [-0.1, -0.05) is 6.07 Å². The number of ether oxygens (including phenoxy) is 2. The van der Waals surface area contributed by atoms with Crippen LogP contribution in [0.4, 0.5) is 4.79 Å². The molecule has 0 aromatic carbocycles. The van der Waals surface area contributed by atoms with Gasteiger partial charge in [0.2, 0.25) is 5.91 Å². The lowest BCUT2D eigenvalue weighted by Crippen LogP contribution is -2.71. The Hall–Kier alpha value is -1.86. The Bertz CT molecular complexity index is 657. The number of rotatable bonds is 2. The number of likely N-dealkylation sites (tertiary alicyclic amines) is 1. The van der Waals surface area contributed by atoms with E-state index in [2.05, 4.69) is 0 Å². The maximum absolute atomic E-state index is 12.2. The molecule has 0 bridgehead atoms. The lowest BCUT2D eigenvalue weighted by molar-refractivity contribution is -0.186. The molecule has 0 unspecified atom stereocenters. The predicted molar refractivity (Wildman–Crippen MR) is 96.4 cm³/mol. The van der Waals surface area contributed by atoms with Crippen molar-refractivity contribution in [3.63, 3.8) is 0 Å². The van der Waals surface area contributed by atoms with Crippen LogP contribution in [-0.2, 0) is 14.3 Å². The van der Waals surface area contributed by atoms with Gasteiger partial charge in [0.25, 0.3) is 0 Å². The van der Waals surface area contributed by atoms with Gasteiger partial charge in [-0.05, 0) is 38.3 Å². The van der Waals surface area contributed by atoms with Crippen molar-refractivity contribution in [1.29, 1.82) is 0 Å². The summed E-state index contributed by atoms with van der Waals surface area (Å²) in [6, 6.07) is 3.92. The molecule has 2 amide bonds. The third-order valence-electron chi connectivity index (χ3n) is 4.10. The molecule has 2 aliphatic rings. The van der Waals surface area contributed by atoms with Crippen LogP contribution in [0.2, 0.25) is 0 Å². The SMILES string of the molecule is CC(C)(C)OC(=O)N1CCOC2(CN(C(=O)/C=C/c3cccs3)C2)C1. The average molecular weight is 364 g/mol. The highest BCUT2D eigenvalue weighted by molar-refractivity contribution is 7.10. The van der Waals surface area contributed by atoms with Crippen molar-refractivity contribution in [3.05, 3.63) is 28.5 Å². The van der Waals surface area contributed by atoms with Crippen molar-refractivity contribution >= 4 is 29.4 Å². The molecule has 0 N–H and O–H groups in total. The highest BCUT2D eigenvalue weighted by Gasteiger charge is 2.49. The Balaban J connectivity index is 1.53. The first-order chi connectivity index (χ1) is 11.8. The van der Waals surface area contributed by atoms with Gasteiger partial charge >= 0.3 is 6.09 Å². The third-order valence-corrected chi connectivity index (χ3v) is 4.94. The number of nitrogens with zero attached hydrogens (tertiary/aromatic N) is 2. The molecule has 2 aliphatic heterocycles. The normalized spacial score (nSPS) is 20.0. The Labute approximate surface area is 152 Å². The third kappa shape index (κ3) is 4.41. The number of thiophene rings is 1. The van der Waals surface area contributed by atoms with Crippen molar-refractivity contribution in [3.8, 4) is 0 Å². The topological polar surface area (TPSA) is 59.1 Å². The largest absolute Gasteiger partial charge is 0.444 e. The molecule has 0 radical (unpaired) electrons. The van der Waals surface area contributed by atoms with E-state index in [1.165, 1.54) is 0 Å². The number of carbonyl (C=O) groups excluding carboxylic acids is 2. The van der Waals surface area contributed by atoms with Gasteiger partial charge in [0.05, 0.1) is 26.2 Å². The monoisotopic (exact) mass is 364 g/mol. The van der Waals surface area contributed by atoms with Crippen LogP contribution in [0, 0.1) is 0 Å². The van der Waals surface area contributed by atoms with Crippen LogP contribution in [0.3, 0.4) is 0 Å². The summed E-state index contributed by atoms with van der Waals surface area (Å²) in [5.41, 5.74) is -0.974. The lowest BCUT2D eigenvalue weighted by atomic mass is 9.91. The zero-order valence-corrected chi connectivity index (χ0v) is 15.7. The van der Waals surface area contributed by atoms with E-state index < -0.39 is 11.2 Å². The number of carbonyl (C=O) groups is 2. The fraction of sp³-hybridized carbons (Fsp3) is 0.556. The van der Waals surface area contributed by atoms with Crippen LogP contribution in [0.1, 0.15) is 25.6 Å². The van der Waals surface area contributed by atoms with E-state index >= 15 is 0 Å². The van der Waals surface area contributed by atoms with Crippen LogP contribution >= 0.6 is 11.3 Å². The molecule has 136 valence electrons. The second kappa shape index (κ2) is 6.80. The molecule has 1 spiro atoms. The minimum atomic E-state index is -0.517. The smallest absolute Gasteiger partial charge is 0.410 e. The molecule has 3 heterocycles. The van der Waals surface area contributed by atoms with E-state index in [4.69, 9.17) is 9.47 Å². The first kappa shape index (κ1) is 17.9. The Morgan fingerprint density at radius 3 is 2.64 bits per heavy atom. The number of hydrogen-bond donors (Lipinski definition) is 0. The highest BCUT2D eigenvalue weighted by atomic mass is 32.1. The zero-order chi connectivity index (χ0) is 18.1. The molecule has 0 saturated carbocycles. The van der Waals surface area contributed by atoms with Gasteiger partial charge in [-0.25, -0.2) is 4.79 Å². The van der Waals surface area contributed by atoms with Crippen molar-refractivity contribution < 1.29 is 19.1 Å². The molecule has 3 rings (SSSR count). The summed E-state index contributed by atoms with van der Waals surface area (Å²) in [5, 5.41) is 1.98. The second-order valence-electron chi connectivity index (χ2n) is 7.48. The first-order valence-electron chi connectivity index (χ1n) is 8.39. The summed E-state index contributed by atoms with van der Waals surface area (Å²) in [5.74, 6) is -0.0305. The molecular weight excluding hydrogens is 340 g/mol. The fourth-order valence-corrected chi connectivity index (χ4v) is 3.59. The molecule has 1 aromatic rings. The molecule has 0 aliphatic carbocycles. The van der Waals surface area contributed by atoms with Crippen LogP contribution in [-0.4, -0.2) is 65.8 Å². The standard InChI is InChI=1S/C18H24N2O4S/c1-17(2,3)24-16(22)19-8-9-23-18(11-19)12-20(13-18)15(21)7-6-14-5-4-10-25-14/h4-7,10H,8-9,11-13H2,1-3H3/b7-6+. The van der Waals surface area contributed by atoms with Crippen LogP contribution in [0.15, 0.2) is 23.6 Å². The van der Waals surface area contributed by atoms with Crippen molar-refractivity contribution in [2.24, 2.45) is 0 Å². The quantitative estimate of drug-likeness (QED) is 0.757. The summed E-state index contributed by atoms with van der Waals surface area (Å²) >= 11 is 1.59. The van der Waals surface area contributed by atoms with Crippen LogP contribution < -0.4 is 0 Å². The number of hydrogen-bond acceptors (Lipinski definition) is 5. The van der Waals surface area contributed by atoms with E-state index in [1.54, 1.807) is 27.2 Å². The summed E-state index contributed by atoms with van der Waals surface area (Å²) in [7, 11) is 0. The van der Waals surface area contributed by atoms with E-state index in [0.29, 0.717) is 32.8 Å². The van der Waals surface area contributed by atoms with Gasteiger partial charge in [0.1, 0.15) is 11.2 Å². The van der Waals surface area contributed by atoms with Gasteiger partial charge < -0.3 is 19.3 Å². The summed E-state index contributed by atoms with van der Waals surface area (Å²) in [6.07, 6.45) is 3.09. The highest BCUT2D eigenvalue weighted by Crippen LogP contribution is 2.30. The van der Waals surface area contributed by atoms with Crippen molar-refractivity contribution in [2.45, 2.75) is 32.0 Å². The molecule has 2 saturated heterocycles. The summed E-state index contributed by atoms with van der Waals surface area (Å²) in [6.45, 7) is 8.00. The predicted octanol–water partition coefficient (Wildman–Crippen LogP) is 2.61. The van der Waals surface area contributed by atoms with Gasteiger partial charge in [-0.3, -0.25) is 4.79 Å². The zero-order valence-electron chi connectivity index (χ0n) is 14.9. The second-order valence-corrected chi connectivity index (χ2v) is 8.46. The van der Waals surface area contributed by atoms with Gasteiger partial charge in [0.15, 0.2) is 0 Å². The number of morpholine rings is 1. The maximum atomic E-state index is 12.2. The summed E-state index contributed by atoms with van der Waals surface area (Å²) in [4.78, 5) is 28.9. The van der Waals surface area contributed by atoms with Gasteiger partial charge in [-0.2, -0.15) is 0 Å². The molecule has 0 atom stereocenters. The number of amides is 2. The minimum Gasteiger partial charge on any atom is -0.444 e. The maximum Gasteiger partial charge on any atom is 0.410 e. The Morgan fingerprint density at radius 2 is 2.00 bits per heavy atom. The Kier molecular flexibility index (Phi) is 4.88. The minimum absolute atomic E-state index is 0.0305. The fourth-order valence-electron chi connectivity index (χ4n) is 2.97. The summed E-state index contributed by atoms with van der Waals surface area (Å²) < 4.78 is 11.3. The van der Waals surface area contributed by atoms with E-state index in [0.717, 1.165) is 4.88 Å².